The maximum Gasteiger partial charge on any atom is 0.328 e. The minimum Gasteiger partial charge on any atom is -0.478 e. The van der Waals surface area contributed by atoms with Crippen molar-refractivity contribution in [1.82, 2.24) is 10.3 Å². The van der Waals surface area contributed by atoms with Gasteiger partial charge < -0.3 is 15.2 Å². The van der Waals surface area contributed by atoms with E-state index < -0.39 is 5.97 Å². The fraction of sp³-hybridized carbons (Fsp3) is 0.400. The summed E-state index contributed by atoms with van der Waals surface area (Å²) in [5.41, 5.74) is 0.945. The number of ether oxygens (including phenoxy) is 1. The number of nitrogens with one attached hydrogen (secondary N) is 1. The number of pyridine rings is 1. The Kier molecular flexibility index (Phi) is 5.05. The van der Waals surface area contributed by atoms with E-state index in [0.29, 0.717) is 23.7 Å². The van der Waals surface area contributed by atoms with Crippen molar-refractivity contribution in [2.24, 2.45) is 5.92 Å². The normalized spacial score (nSPS) is 21.6. The second-order valence-electron chi connectivity index (χ2n) is 4.98. The predicted octanol–water partition coefficient (Wildman–Crippen LogP) is 1.33. The molecule has 0 saturated carbocycles. The average Bonchev–Trinajstić information content (AvgIpc) is 2.88. The van der Waals surface area contributed by atoms with Crippen LogP contribution in [0.4, 0.5) is 0 Å². The van der Waals surface area contributed by atoms with Gasteiger partial charge in [0, 0.05) is 31.3 Å². The average molecular weight is 290 g/mol. The maximum atomic E-state index is 12.0. The molecule has 1 saturated heterocycles. The van der Waals surface area contributed by atoms with E-state index in [1.54, 1.807) is 12.1 Å². The van der Waals surface area contributed by atoms with Gasteiger partial charge in [-0.1, -0.05) is 6.07 Å². The van der Waals surface area contributed by atoms with Crippen LogP contribution in [-0.2, 0) is 9.53 Å². The number of carbonyl (C=O) groups is 2. The van der Waals surface area contributed by atoms with Gasteiger partial charge in [-0.25, -0.2) is 4.79 Å². The van der Waals surface area contributed by atoms with Crippen molar-refractivity contribution in [2.45, 2.75) is 19.4 Å². The van der Waals surface area contributed by atoms with Crippen molar-refractivity contribution >= 4 is 18.0 Å². The number of carbonyl (C=O) groups excluding carboxylic acids is 1. The van der Waals surface area contributed by atoms with E-state index in [4.69, 9.17) is 9.84 Å². The smallest absolute Gasteiger partial charge is 0.328 e. The molecule has 6 heteroatoms. The maximum absolute atomic E-state index is 12.0. The Labute approximate surface area is 122 Å². The van der Waals surface area contributed by atoms with Gasteiger partial charge in [-0.3, -0.25) is 9.78 Å². The molecule has 1 aliphatic rings. The minimum absolute atomic E-state index is 0.168. The zero-order valence-corrected chi connectivity index (χ0v) is 11.8. The van der Waals surface area contributed by atoms with Crippen LogP contribution in [0.1, 0.15) is 29.4 Å². The highest BCUT2D eigenvalue weighted by Crippen LogP contribution is 2.19. The summed E-state index contributed by atoms with van der Waals surface area (Å²) in [6.07, 6.45) is 5.04. The van der Waals surface area contributed by atoms with E-state index in [1.807, 2.05) is 6.92 Å². The Hall–Kier alpha value is -2.21. The molecule has 0 aromatic carbocycles. The van der Waals surface area contributed by atoms with Crippen molar-refractivity contribution in [1.29, 1.82) is 0 Å². The monoisotopic (exact) mass is 290 g/mol. The molecule has 0 spiro atoms. The number of aromatic nitrogens is 1. The van der Waals surface area contributed by atoms with Crippen LogP contribution in [0.3, 0.4) is 0 Å². The molecule has 0 aliphatic carbocycles. The molecule has 0 bridgehead atoms. The number of carboxylic acid groups (broad SMARTS) is 1. The largest absolute Gasteiger partial charge is 0.478 e. The van der Waals surface area contributed by atoms with Gasteiger partial charge in [0.15, 0.2) is 0 Å². The van der Waals surface area contributed by atoms with Gasteiger partial charge in [-0.05, 0) is 31.1 Å². The number of rotatable bonds is 5. The fourth-order valence-electron chi connectivity index (χ4n) is 2.16. The van der Waals surface area contributed by atoms with E-state index in [0.717, 1.165) is 19.1 Å². The lowest BCUT2D eigenvalue weighted by molar-refractivity contribution is -0.131. The second kappa shape index (κ2) is 6.99. The van der Waals surface area contributed by atoms with E-state index in [1.165, 1.54) is 12.3 Å². The third kappa shape index (κ3) is 4.39. The van der Waals surface area contributed by atoms with Crippen LogP contribution in [-0.4, -0.2) is 41.2 Å². The van der Waals surface area contributed by atoms with E-state index in [2.05, 4.69) is 10.3 Å². The third-order valence-corrected chi connectivity index (χ3v) is 3.50. The van der Waals surface area contributed by atoms with Gasteiger partial charge in [-0.15, -0.1) is 0 Å². The molecule has 6 nitrogen and oxygen atoms in total. The molecule has 0 radical (unpaired) electrons. The molecular weight excluding hydrogens is 272 g/mol. The molecular formula is C15H18N2O4. The quantitative estimate of drug-likeness (QED) is 0.799. The van der Waals surface area contributed by atoms with Crippen LogP contribution in [0, 0.1) is 5.92 Å². The van der Waals surface area contributed by atoms with Crippen LogP contribution in [0.5, 0.6) is 0 Å². The van der Waals surface area contributed by atoms with Gasteiger partial charge in [-0.2, -0.15) is 0 Å². The molecule has 1 aromatic heterocycles. The summed E-state index contributed by atoms with van der Waals surface area (Å²) in [5, 5.41) is 11.4. The van der Waals surface area contributed by atoms with Crippen LogP contribution < -0.4 is 5.32 Å². The first-order chi connectivity index (χ1) is 10.1. The predicted molar refractivity (Wildman–Crippen MR) is 76.8 cm³/mol. The summed E-state index contributed by atoms with van der Waals surface area (Å²) in [4.78, 5) is 26.4. The van der Waals surface area contributed by atoms with Crippen LogP contribution in [0.15, 0.2) is 24.4 Å². The first kappa shape index (κ1) is 15.2. The second-order valence-corrected chi connectivity index (χ2v) is 4.98. The van der Waals surface area contributed by atoms with E-state index >= 15 is 0 Å². The lowest BCUT2D eigenvalue weighted by Gasteiger charge is -2.14. The Balaban J connectivity index is 1.89. The fourth-order valence-corrected chi connectivity index (χ4v) is 2.16. The Morgan fingerprint density at radius 3 is 2.90 bits per heavy atom. The Morgan fingerprint density at radius 1 is 1.52 bits per heavy atom. The molecule has 2 atom stereocenters. The minimum atomic E-state index is -1.02. The van der Waals surface area contributed by atoms with Crippen molar-refractivity contribution in [3.8, 4) is 0 Å². The first-order valence-corrected chi connectivity index (χ1v) is 6.83. The molecule has 2 rings (SSSR count). The Morgan fingerprint density at radius 2 is 2.33 bits per heavy atom. The molecule has 1 aliphatic heterocycles. The van der Waals surface area contributed by atoms with Gasteiger partial charge in [0.1, 0.15) is 5.69 Å². The topological polar surface area (TPSA) is 88.5 Å². The van der Waals surface area contributed by atoms with Gasteiger partial charge in [0.2, 0.25) is 0 Å². The summed E-state index contributed by atoms with van der Waals surface area (Å²) in [6.45, 7) is 3.32. The lowest BCUT2D eigenvalue weighted by Crippen LogP contribution is -2.32. The van der Waals surface area contributed by atoms with Crippen molar-refractivity contribution in [2.75, 3.05) is 13.2 Å². The number of nitrogens with zero attached hydrogens (tertiary/aromatic N) is 1. The molecule has 21 heavy (non-hydrogen) atoms. The summed E-state index contributed by atoms with van der Waals surface area (Å²) < 4.78 is 5.44. The standard InChI is InChI=1S/C15H18N2O4/c1-10-12(6-7-21-10)9-17-15(20)13-4-2-11(8-16-13)3-5-14(18)19/h2-5,8,10,12H,6-7,9H2,1H3,(H,17,20)(H,18,19)/b5-3+. The molecule has 1 aromatic rings. The Bertz CT molecular complexity index is 539. The first-order valence-electron chi connectivity index (χ1n) is 6.83. The van der Waals surface area contributed by atoms with Crippen LogP contribution in [0.2, 0.25) is 0 Å². The number of hydrogen-bond acceptors (Lipinski definition) is 4. The zero-order valence-electron chi connectivity index (χ0n) is 11.8. The molecule has 2 N–H and O–H groups in total. The number of aliphatic carboxylic acids is 1. The van der Waals surface area contributed by atoms with Crippen LogP contribution in [0.25, 0.3) is 6.08 Å². The summed E-state index contributed by atoms with van der Waals surface area (Å²) >= 11 is 0. The van der Waals surface area contributed by atoms with Crippen molar-refractivity contribution < 1.29 is 19.4 Å². The number of hydrogen-bond donors (Lipinski definition) is 2. The molecule has 2 heterocycles. The summed E-state index contributed by atoms with van der Waals surface area (Å²) in [7, 11) is 0. The van der Waals surface area contributed by atoms with Gasteiger partial charge in [0.05, 0.1) is 6.10 Å². The van der Waals surface area contributed by atoms with Gasteiger partial charge in [0.25, 0.3) is 5.91 Å². The van der Waals surface area contributed by atoms with Crippen molar-refractivity contribution in [3.05, 3.63) is 35.7 Å². The molecule has 112 valence electrons. The molecule has 1 fully saturated rings. The molecule has 1 amide bonds. The third-order valence-electron chi connectivity index (χ3n) is 3.50. The number of amides is 1. The van der Waals surface area contributed by atoms with E-state index in [-0.39, 0.29) is 12.0 Å². The van der Waals surface area contributed by atoms with Crippen molar-refractivity contribution in [3.63, 3.8) is 0 Å². The van der Waals surface area contributed by atoms with E-state index in [9.17, 15) is 9.59 Å². The highest BCUT2D eigenvalue weighted by Gasteiger charge is 2.24. The van der Waals surface area contributed by atoms with Crippen LogP contribution >= 0.6 is 0 Å². The summed E-state index contributed by atoms with van der Waals surface area (Å²) in [6, 6.07) is 3.23. The number of carboxylic acids is 1. The lowest BCUT2D eigenvalue weighted by atomic mass is 10.0. The summed E-state index contributed by atoms with van der Waals surface area (Å²) in [5.74, 6) is -0.917. The highest BCUT2D eigenvalue weighted by molar-refractivity contribution is 5.92. The highest BCUT2D eigenvalue weighted by atomic mass is 16.5. The SMILES string of the molecule is CC1OCCC1CNC(=O)c1ccc(/C=C/C(=O)O)cn1. The zero-order chi connectivity index (χ0) is 15.2. The van der Waals surface area contributed by atoms with Gasteiger partial charge >= 0.3 is 5.97 Å². The molecule has 2 unspecified atom stereocenters.